The lowest BCUT2D eigenvalue weighted by Crippen LogP contribution is -2.59. The summed E-state index contributed by atoms with van der Waals surface area (Å²) in [4.78, 5) is 32.6. The van der Waals surface area contributed by atoms with E-state index in [2.05, 4.69) is 38.0 Å². The van der Waals surface area contributed by atoms with Gasteiger partial charge in [-0.3, -0.25) is 14.6 Å². The van der Waals surface area contributed by atoms with Crippen molar-refractivity contribution in [2.75, 3.05) is 42.7 Å². The van der Waals surface area contributed by atoms with Gasteiger partial charge in [0.25, 0.3) is 0 Å². The third-order valence-corrected chi connectivity index (χ3v) is 8.29. The van der Waals surface area contributed by atoms with Gasteiger partial charge in [0.05, 0.1) is 30.0 Å². The van der Waals surface area contributed by atoms with E-state index < -0.39 is 0 Å². The number of carbonyl (C=O) groups excluding carboxylic acids is 2. The first-order valence-electron chi connectivity index (χ1n) is 12.3. The number of anilines is 2. The van der Waals surface area contributed by atoms with Gasteiger partial charge in [-0.05, 0) is 55.3 Å². The summed E-state index contributed by atoms with van der Waals surface area (Å²) in [5.41, 5.74) is 4.93. The number of nitrogens with one attached hydrogen (secondary N) is 3. The van der Waals surface area contributed by atoms with Crippen LogP contribution in [-0.4, -0.2) is 61.4 Å². The van der Waals surface area contributed by atoms with E-state index in [1.807, 2.05) is 37.3 Å². The molecule has 2 saturated heterocycles. The van der Waals surface area contributed by atoms with Crippen molar-refractivity contribution in [1.29, 1.82) is 0 Å². The lowest BCUT2D eigenvalue weighted by molar-refractivity contribution is -0.120. The Bertz CT molecular complexity index is 1360. The molecule has 0 aliphatic carbocycles. The third-order valence-electron chi connectivity index (χ3n) is 7.22. The van der Waals surface area contributed by atoms with E-state index in [0.29, 0.717) is 11.8 Å². The molecular weight excluding hydrogens is 474 g/mol. The average Bonchev–Trinajstić information content (AvgIpc) is 3.22. The number of hydrogen-bond donors (Lipinski definition) is 3. The number of amides is 2. The van der Waals surface area contributed by atoms with Crippen LogP contribution >= 0.6 is 11.8 Å². The molecule has 1 unspecified atom stereocenters. The largest absolute Gasteiger partial charge is 0.497 e. The van der Waals surface area contributed by atoms with Crippen LogP contribution in [0.5, 0.6) is 5.75 Å². The second kappa shape index (κ2) is 9.29. The lowest BCUT2D eigenvalue weighted by Gasteiger charge is -2.42. The predicted octanol–water partition coefficient (Wildman–Crippen LogP) is 3.05. The maximum atomic E-state index is 12.7. The van der Waals surface area contributed by atoms with Crippen LogP contribution in [0.4, 0.5) is 11.4 Å². The molecule has 3 N–H and O–H groups in total. The number of pyridine rings is 1. The molecule has 0 spiro atoms. The lowest BCUT2D eigenvalue weighted by atomic mass is 9.95. The van der Waals surface area contributed by atoms with Crippen molar-refractivity contribution in [3.05, 3.63) is 53.7 Å². The molecule has 0 bridgehead atoms. The minimum atomic E-state index is -0.190. The fourth-order valence-electron chi connectivity index (χ4n) is 5.31. The quantitative estimate of drug-likeness (QED) is 0.476. The summed E-state index contributed by atoms with van der Waals surface area (Å²) >= 11 is 1.53. The second-order valence-corrected chi connectivity index (χ2v) is 10.8. The zero-order valence-corrected chi connectivity index (χ0v) is 21.2. The number of aromatic nitrogens is 1. The van der Waals surface area contributed by atoms with E-state index in [1.54, 1.807) is 7.11 Å². The molecule has 1 aromatic heterocycles. The summed E-state index contributed by atoms with van der Waals surface area (Å²) in [5.74, 6) is 1.14. The molecule has 0 saturated carbocycles. The number of thioether (sulfide) groups is 1. The molecule has 6 rings (SSSR count). The first kappa shape index (κ1) is 23.1. The van der Waals surface area contributed by atoms with Gasteiger partial charge < -0.3 is 25.6 Å². The molecule has 186 valence electrons. The summed E-state index contributed by atoms with van der Waals surface area (Å²) in [7, 11) is 1.68. The van der Waals surface area contributed by atoms with Crippen molar-refractivity contribution in [3.8, 4) is 5.75 Å². The van der Waals surface area contributed by atoms with Crippen LogP contribution in [0.15, 0.2) is 47.4 Å². The van der Waals surface area contributed by atoms with Crippen LogP contribution < -0.4 is 25.6 Å². The van der Waals surface area contributed by atoms with Gasteiger partial charge in [-0.2, -0.15) is 0 Å². The maximum Gasteiger partial charge on any atom is 0.234 e. The van der Waals surface area contributed by atoms with E-state index in [-0.39, 0.29) is 23.8 Å². The first-order chi connectivity index (χ1) is 17.5. The van der Waals surface area contributed by atoms with Crippen LogP contribution in [0.2, 0.25) is 0 Å². The van der Waals surface area contributed by atoms with Crippen molar-refractivity contribution in [2.45, 2.75) is 36.2 Å². The van der Waals surface area contributed by atoms with Gasteiger partial charge in [-0.1, -0.05) is 6.07 Å². The Balaban J connectivity index is 1.06. The molecule has 0 radical (unpaired) electrons. The van der Waals surface area contributed by atoms with Crippen LogP contribution in [0.1, 0.15) is 23.6 Å². The van der Waals surface area contributed by atoms with Crippen molar-refractivity contribution < 1.29 is 14.3 Å². The van der Waals surface area contributed by atoms with Crippen molar-refractivity contribution in [3.63, 3.8) is 0 Å². The molecule has 3 aliphatic heterocycles. The molecule has 9 heteroatoms. The number of nitrogens with zero attached hydrogens (tertiary/aromatic N) is 2. The second-order valence-electron chi connectivity index (χ2n) is 9.76. The SMILES string of the molecule is COc1ccc2nc(C)cc(N3CC(NCC4C[C@H](c5ccc6c(c5)NC(=O)CS6)C(=O)N4)C3)c2c1. The summed E-state index contributed by atoms with van der Waals surface area (Å²) in [6.07, 6.45) is 0.746. The van der Waals surface area contributed by atoms with E-state index in [1.165, 1.54) is 17.4 Å². The minimum Gasteiger partial charge on any atom is -0.497 e. The molecule has 2 fully saturated rings. The van der Waals surface area contributed by atoms with E-state index in [0.717, 1.165) is 64.5 Å². The Kier molecular flexibility index (Phi) is 5.97. The Labute approximate surface area is 214 Å². The highest BCUT2D eigenvalue weighted by Crippen LogP contribution is 2.36. The van der Waals surface area contributed by atoms with Crippen molar-refractivity contribution in [2.24, 2.45) is 0 Å². The average molecular weight is 504 g/mol. The van der Waals surface area contributed by atoms with Gasteiger partial charge >= 0.3 is 0 Å². The van der Waals surface area contributed by atoms with Crippen LogP contribution in [-0.2, 0) is 9.59 Å². The highest BCUT2D eigenvalue weighted by atomic mass is 32.2. The summed E-state index contributed by atoms with van der Waals surface area (Å²) in [6.45, 7) is 4.57. The van der Waals surface area contributed by atoms with E-state index >= 15 is 0 Å². The number of methoxy groups -OCH3 is 1. The smallest absolute Gasteiger partial charge is 0.234 e. The zero-order valence-electron chi connectivity index (χ0n) is 20.3. The molecule has 2 atom stereocenters. The topological polar surface area (TPSA) is 95.6 Å². The molecule has 2 amide bonds. The summed E-state index contributed by atoms with van der Waals surface area (Å²) in [6, 6.07) is 14.6. The molecule has 36 heavy (non-hydrogen) atoms. The summed E-state index contributed by atoms with van der Waals surface area (Å²) < 4.78 is 5.42. The molecule has 8 nitrogen and oxygen atoms in total. The molecule has 2 aromatic carbocycles. The van der Waals surface area contributed by atoms with Gasteiger partial charge in [0, 0.05) is 53.4 Å². The van der Waals surface area contributed by atoms with Gasteiger partial charge in [0.15, 0.2) is 0 Å². The van der Waals surface area contributed by atoms with Crippen molar-refractivity contribution >= 4 is 45.9 Å². The number of fused-ring (bicyclic) bond motifs is 2. The van der Waals surface area contributed by atoms with Gasteiger partial charge in [0.2, 0.25) is 11.8 Å². The number of hydrogen-bond acceptors (Lipinski definition) is 7. The Hall–Kier alpha value is -3.30. The van der Waals surface area contributed by atoms with E-state index in [9.17, 15) is 9.59 Å². The zero-order chi connectivity index (χ0) is 24.8. The molecule has 3 aliphatic rings. The van der Waals surface area contributed by atoms with Crippen LogP contribution in [0.25, 0.3) is 10.9 Å². The van der Waals surface area contributed by atoms with Crippen LogP contribution in [0, 0.1) is 6.92 Å². The highest BCUT2D eigenvalue weighted by Gasteiger charge is 2.35. The number of carbonyl (C=O) groups is 2. The summed E-state index contributed by atoms with van der Waals surface area (Å²) in [5, 5.41) is 10.8. The normalized spacial score (nSPS) is 21.7. The molecule has 4 heterocycles. The fourth-order valence-corrected chi connectivity index (χ4v) is 6.10. The Morgan fingerprint density at radius 3 is 2.86 bits per heavy atom. The van der Waals surface area contributed by atoms with Gasteiger partial charge in [-0.15, -0.1) is 11.8 Å². The van der Waals surface area contributed by atoms with Crippen molar-refractivity contribution in [1.82, 2.24) is 15.6 Å². The first-order valence-corrected chi connectivity index (χ1v) is 13.3. The third kappa shape index (κ3) is 4.37. The standard InChI is InChI=1S/C27H29N5O3S/c1-15-7-24(21-10-19(35-2)4-5-22(21)29-15)32-12-18(13-32)28-11-17-9-20(27(34)30-17)16-3-6-25-23(8-16)31-26(33)14-36-25/h3-8,10,17-18,20,28H,9,11-14H2,1-2H3,(H,30,34)(H,31,33)/t17?,20-/m1/s1. The fraction of sp³-hybridized carbons (Fsp3) is 0.370. The van der Waals surface area contributed by atoms with Gasteiger partial charge in [-0.25, -0.2) is 0 Å². The monoisotopic (exact) mass is 503 g/mol. The highest BCUT2D eigenvalue weighted by molar-refractivity contribution is 8.00. The Morgan fingerprint density at radius 1 is 1.17 bits per heavy atom. The van der Waals surface area contributed by atoms with E-state index in [4.69, 9.17) is 4.74 Å². The van der Waals surface area contributed by atoms with Gasteiger partial charge in [0.1, 0.15) is 5.75 Å². The number of rotatable bonds is 6. The molecular formula is C27H29N5O3S. The van der Waals surface area contributed by atoms with Crippen LogP contribution in [0.3, 0.4) is 0 Å². The number of benzene rings is 2. The maximum absolute atomic E-state index is 12.7. The molecule has 3 aromatic rings. The minimum absolute atomic E-state index is 0.00574. The number of ether oxygens (including phenoxy) is 1. The Morgan fingerprint density at radius 2 is 2.03 bits per heavy atom. The number of aryl methyl sites for hydroxylation is 1. The predicted molar refractivity (Wildman–Crippen MR) is 142 cm³/mol.